The number of nitrogens with one attached hydrogen (secondary N) is 1. The molecular weight excluding hydrogens is 248 g/mol. The Morgan fingerprint density at radius 3 is 2.85 bits per heavy atom. The molecule has 3 heteroatoms. The molecule has 0 bridgehead atoms. The fourth-order valence-corrected chi connectivity index (χ4v) is 3.11. The van der Waals surface area contributed by atoms with Crippen molar-refractivity contribution in [3.05, 3.63) is 29.8 Å². The summed E-state index contributed by atoms with van der Waals surface area (Å²) in [5.74, 6) is 0.990. The molecule has 1 N–H and O–H groups in total. The molecule has 0 saturated carbocycles. The molecule has 1 fully saturated rings. The maximum atomic E-state index is 5.49. The molecule has 0 aliphatic carbocycles. The van der Waals surface area contributed by atoms with Crippen LogP contribution in [-0.2, 0) is 0 Å². The topological polar surface area (TPSA) is 24.5 Å². The van der Waals surface area contributed by atoms with Crippen molar-refractivity contribution in [2.24, 2.45) is 0 Å². The van der Waals surface area contributed by atoms with Gasteiger partial charge in [0.1, 0.15) is 5.75 Å². The van der Waals surface area contributed by atoms with Gasteiger partial charge in [-0.3, -0.25) is 0 Å². The van der Waals surface area contributed by atoms with Crippen LogP contribution < -0.4 is 10.1 Å². The fraction of sp³-hybridized carbons (Fsp3) is 0.647. The third-order valence-electron chi connectivity index (χ3n) is 4.44. The number of hydrogen-bond donors (Lipinski definition) is 1. The summed E-state index contributed by atoms with van der Waals surface area (Å²) in [5, 5.41) is 3.74. The van der Waals surface area contributed by atoms with Crippen LogP contribution in [0.25, 0.3) is 0 Å². The second-order valence-electron chi connectivity index (χ2n) is 5.74. The van der Waals surface area contributed by atoms with Gasteiger partial charge in [0, 0.05) is 24.2 Å². The van der Waals surface area contributed by atoms with E-state index in [1.807, 2.05) is 12.1 Å². The zero-order valence-corrected chi connectivity index (χ0v) is 13.1. The minimum Gasteiger partial charge on any atom is -0.496 e. The van der Waals surface area contributed by atoms with Crippen LogP contribution in [0, 0.1) is 0 Å². The van der Waals surface area contributed by atoms with E-state index in [1.165, 1.54) is 31.4 Å². The van der Waals surface area contributed by atoms with E-state index in [2.05, 4.69) is 36.3 Å². The van der Waals surface area contributed by atoms with Gasteiger partial charge in [0.25, 0.3) is 0 Å². The predicted molar refractivity (Wildman–Crippen MR) is 84.3 cm³/mol. The minimum absolute atomic E-state index is 0.376. The molecule has 3 nitrogen and oxygen atoms in total. The summed E-state index contributed by atoms with van der Waals surface area (Å²) in [6, 6.07) is 9.39. The number of ether oxygens (including phenoxy) is 1. The molecule has 1 aromatic rings. The Bertz CT molecular complexity index is 408. The van der Waals surface area contributed by atoms with Gasteiger partial charge in [-0.25, -0.2) is 0 Å². The number of nitrogens with zero attached hydrogens (tertiary/aromatic N) is 1. The van der Waals surface area contributed by atoms with Gasteiger partial charge < -0.3 is 15.0 Å². The number of methoxy groups -OCH3 is 1. The third kappa shape index (κ3) is 3.74. The minimum atomic E-state index is 0.376. The number of benzene rings is 1. The summed E-state index contributed by atoms with van der Waals surface area (Å²) >= 11 is 0. The molecular formula is C17H28N2O. The highest BCUT2D eigenvalue weighted by molar-refractivity contribution is 5.35. The molecule has 2 unspecified atom stereocenters. The van der Waals surface area contributed by atoms with Gasteiger partial charge in [-0.05, 0) is 38.9 Å². The second-order valence-corrected chi connectivity index (χ2v) is 5.74. The van der Waals surface area contributed by atoms with Crippen molar-refractivity contribution >= 4 is 0 Å². The van der Waals surface area contributed by atoms with Crippen molar-refractivity contribution in [2.75, 3.05) is 27.2 Å². The molecule has 0 spiro atoms. The molecule has 0 radical (unpaired) electrons. The van der Waals surface area contributed by atoms with Gasteiger partial charge in [-0.15, -0.1) is 0 Å². The lowest BCUT2D eigenvalue weighted by Crippen LogP contribution is -2.43. The standard InChI is InChI=1S/C17H28N2O/c1-4-16(15-10-5-6-11-17(15)20-3)18-13-14-9-7-8-12-19(14)2/h5-6,10-11,14,16,18H,4,7-9,12-13H2,1-3H3. The first-order chi connectivity index (χ1) is 9.76. The van der Waals surface area contributed by atoms with E-state index < -0.39 is 0 Å². The van der Waals surface area contributed by atoms with E-state index in [0.29, 0.717) is 12.1 Å². The maximum Gasteiger partial charge on any atom is 0.123 e. The number of piperidine rings is 1. The van der Waals surface area contributed by atoms with Crippen LogP contribution in [0.5, 0.6) is 5.75 Å². The average molecular weight is 276 g/mol. The highest BCUT2D eigenvalue weighted by Gasteiger charge is 2.21. The quantitative estimate of drug-likeness (QED) is 0.863. The highest BCUT2D eigenvalue weighted by atomic mass is 16.5. The Morgan fingerprint density at radius 2 is 2.15 bits per heavy atom. The van der Waals surface area contributed by atoms with Crippen molar-refractivity contribution < 1.29 is 4.74 Å². The lowest BCUT2D eigenvalue weighted by atomic mass is 10.00. The summed E-state index contributed by atoms with van der Waals surface area (Å²) in [5.41, 5.74) is 1.27. The molecule has 112 valence electrons. The van der Waals surface area contributed by atoms with Crippen molar-refractivity contribution in [1.29, 1.82) is 0 Å². The van der Waals surface area contributed by atoms with Crippen LogP contribution in [0.4, 0.5) is 0 Å². The molecule has 1 saturated heterocycles. The van der Waals surface area contributed by atoms with Crippen LogP contribution in [0.1, 0.15) is 44.2 Å². The van der Waals surface area contributed by atoms with Gasteiger partial charge in [0.15, 0.2) is 0 Å². The fourth-order valence-electron chi connectivity index (χ4n) is 3.11. The molecule has 1 heterocycles. The summed E-state index contributed by atoms with van der Waals surface area (Å²) in [6.07, 6.45) is 5.10. The molecule has 0 amide bonds. The van der Waals surface area contributed by atoms with Gasteiger partial charge in [-0.1, -0.05) is 31.5 Å². The number of para-hydroxylation sites is 1. The van der Waals surface area contributed by atoms with E-state index in [0.717, 1.165) is 18.7 Å². The maximum absolute atomic E-state index is 5.49. The van der Waals surface area contributed by atoms with E-state index in [1.54, 1.807) is 7.11 Å². The number of hydrogen-bond acceptors (Lipinski definition) is 3. The molecule has 0 aromatic heterocycles. The highest BCUT2D eigenvalue weighted by Crippen LogP contribution is 2.27. The van der Waals surface area contributed by atoms with Crippen LogP contribution in [-0.4, -0.2) is 38.2 Å². The smallest absolute Gasteiger partial charge is 0.123 e. The SMILES string of the molecule is CCC(NCC1CCCCN1C)c1ccccc1OC. The first-order valence-corrected chi connectivity index (χ1v) is 7.82. The summed E-state index contributed by atoms with van der Waals surface area (Å²) in [4.78, 5) is 2.49. The summed E-state index contributed by atoms with van der Waals surface area (Å²) < 4.78 is 5.49. The van der Waals surface area contributed by atoms with E-state index in [-0.39, 0.29) is 0 Å². The molecule has 1 aliphatic rings. The van der Waals surface area contributed by atoms with Crippen molar-refractivity contribution in [1.82, 2.24) is 10.2 Å². The van der Waals surface area contributed by atoms with Crippen molar-refractivity contribution in [3.63, 3.8) is 0 Å². The Morgan fingerprint density at radius 1 is 1.35 bits per heavy atom. The summed E-state index contributed by atoms with van der Waals surface area (Å²) in [6.45, 7) is 4.53. The van der Waals surface area contributed by atoms with E-state index in [9.17, 15) is 0 Å². The Labute approximate surface area is 123 Å². The first kappa shape index (κ1) is 15.3. The zero-order valence-electron chi connectivity index (χ0n) is 13.1. The molecule has 1 aromatic carbocycles. The van der Waals surface area contributed by atoms with Crippen LogP contribution in [0.15, 0.2) is 24.3 Å². The van der Waals surface area contributed by atoms with Gasteiger partial charge >= 0.3 is 0 Å². The Hall–Kier alpha value is -1.06. The van der Waals surface area contributed by atoms with Crippen molar-refractivity contribution in [3.8, 4) is 5.75 Å². The summed E-state index contributed by atoms with van der Waals surface area (Å²) in [7, 11) is 4.00. The van der Waals surface area contributed by atoms with E-state index >= 15 is 0 Å². The first-order valence-electron chi connectivity index (χ1n) is 7.82. The molecule has 2 atom stereocenters. The number of likely N-dealkylation sites (tertiary alicyclic amines) is 1. The predicted octanol–water partition coefficient (Wildman–Crippen LogP) is 3.22. The number of likely N-dealkylation sites (N-methyl/N-ethyl adjacent to an activating group) is 1. The molecule has 2 rings (SSSR count). The lowest BCUT2D eigenvalue weighted by molar-refractivity contribution is 0.177. The Kier molecular flexibility index (Phi) is 5.86. The van der Waals surface area contributed by atoms with Crippen LogP contribution in [0.2, 0.25) is 0 Å². The number of rotatable bonds is 6. The van der Waals surface area contributed by atoms with Crippen LogP contribution in [0.3, 0.4) is 0 Å². The normalized spacial score (nSPS) is 21.6. The zero-order chi connectivity index (χ0) is 14.4. The van der Waals surface area contributed by atoms with Gasteiger partial charge in [0.05, 0.1) is 7.11 Å². The van der Waals surface area contributed by atoms with E-state index in [4.69, 9.17) is 4.74 Å². The van der Waals surface area contributed by atoms with Crippen LogP contribution >= 0.6 is 0 Å². The van der Waals surface area contributed by atoms with Gasteiger partial charge in [0.2, 0.25) is 0 Å². The Balaban J connectivity index is 1.98. The molecule has 20 heavy (non-hydrogen) atoms. The monoisotopic (exact) mass is 276 g/mol. The molecule has 1 aliphatic heterocycles. The second kappa shape index (κ2) is 7.65. The average Bonchev–Trinajstić information content (AvgIpc) is 2.50. The lowest BCUT2D eigenvalue weighted by Gasteiger charge is -2.34. The largest absolute Gasteiger partial charge is 0.496 e. The van der Waals surface area contributed by atoms with Crippen molar-refractivity contribution in [2.45, 2.75) is 44.7 Å². The van der Waals surface area contributed by atoms with Gasteiger partial charge in [-0.2, -0.15) is 0 Å². The third-order valence-corrected chi connectivity index (χ3v) is 4.44.